The van der Waals surface area contributed by atoms with Crippen LogP contribution in [0.1, 0.15) is 11.4 Å². The molecule has 0 aliphatic heterocycles. The summed E-state index contributed by atoms with van der Waals surface area (Å²) in [6.07, 6.45) is 0. The van der Waals surface area contributed by atoms with Gasteiger partial charge in [0.05, 0.1) is 18.8 Å². The van der Waals surface area contributed by atoms with E-state index >= 15 is 0 Å². The highest BCUT2D eigenvalue weighted by Gasteiger charge is 2.07. The van der Waals surface area contributed by atoms with Crippen molar-refractivity contribution >= 4 is 10.8 Å². The van der Waals surface area contributed by atoms with Gasteiger partial charge in [-0.15, -0.1) is 5.10 Å². The van der Waals surface area contributed by atoms with E-state index in [0.717, 1.165) is 22.2 Å². The normalized spacial score (nSPS) is 11.0. The van der Waals surface area contributed by atoms with Crippen LogP contribution in [0.15, 0.2) is 42.5 Å². The van der Waals surface area contributed by atoms with Crippen molar-refractivity contribution in [3.63, 3.8) is 0 Å². The number of rotatable bonds is 5. The third kappa shape index (κ3) is 2.73. The summed E-state index contributed by atoms with van der Waals surface area (Å²) in [6, 6.07) is 14.2. The number of aliphatic hydroxyl groups is 1. The predicted octanol–water partition coefficient (Wildman–Crippen LogP) is 2.31. The number of ether oxygens (including phenoxy) is 1. The van der Waals surface area contributed by atoms with E-state index in [4.69, 9.17) is 9.84 Å². The first-order valence-corrected chi connectivity index (χ1v) is 6.90. The molecule has 5 heteroatoms. The molecule has 0 fully saturated rings. The maximum Gasteiger partial charge on any atom is 0.127 e. The van der Waals surface area contributed by atoms with Gasteiger partial charge in [0.15, 0.2) is 0 Å². The van der Waals surface area contributed by atoms with Gasteiger partial charge in [-0.1, -0.05) is 41.6 Å². The fraction of sp³-hybridized carbons (Fsp3) is 0.250. The highest BCUT2D eigenvalue weighted by molar-refractivity contribution is 5.88. The first kappa shape index (κ1) is 13.6. The standard InChI is InChI=1S/C16H17N3O2/c1-12-15(11-20)17-18-19(12)9-10-21-16-8-4-6-13-5-2-3-7-14(13)16/h2-8,20H,9-11H2,1H3. The molecule has 0 aliphatic rings. The second-order valence-electron chi connectivity index (χ2n) is 4.83. The van der Waals surface area contributed by atoms with Crippen molar-refractivity contribution < 1.29 is 9.84 Å². The predicted molar refractivity (Wildman–Crippen MR) is 80.1 cm³/mol. The van der Waals surface area contributed by atoms with Crippen LogP contribution >= 0.6 is 0 Å². The minimum absolute atomic E-state index is 0.0873. The van der Waals surface area contributed by atoms with E-state index < -0.39 is 0 Å². The molecular formula is C16H17N3O2. The van der Waals surface area contributed by atoms with E-state index in [1.165, 1.54) is 0 Å². The molecule has 0 unspecified atom stereocenters. The topological polar surface area (TPSA) is 60.2 Å². The Kier molecular flexibility index (Phi) is 3.83. The van der Waals surface area contributed by atoms with Crippen molar-refractivity contribution in [1.29, 1.82) is 0 Å². The Morgan fingerprint density at radius 2 is 1.95 bits per heavy atom. The van der Waals surface area contributed by atoms with Gasteiger partial charge >= 0.3 is 0 Å². The molecule has 0 saturated heterocycles. The monoisotopic (exact) mass is 283 g/mol. The molecule has 0 spiro atoms. The van der Waals surface area contributed by atoms with Crippen molar-refractivity contribution in [2.24, 2.45) is 0 Å². The average Bonchev–Trinajstić information content (AvgIpc) is 2.88. The summed E-state index contributed by atoms with van der Waals surface area (Å²) in [5, 5.41) is 19.3. The molecule has 0 saturated carbocycles. The summed E-state index contributed by atoms with van der Waals surface area (Å²) >= 11 is 0. The van der Waals surface area contributed by atoms with Crippen LogP contribution in [0.3, 0.4) is 0 Å². The van der Waals surface area contributed by atoms with Gasteiger partial charge in [-0.2, -0.15) is 0 Å². The number of aromatic nitrogens is 3. The molecular weight excluding hydrogens is 266 g/mol. The van der Waals surface area contributed by atoms with Crippen molar-refractivity contribution in [3.05, 3.63) is 53.9 Å². The van der Waals surface area contributed by atoms with Crippen LogP contribution in [0.25, 0.3) is 10.8 Å². The molecule has 0 aliphatic carbocycles. The van der Waals surface area contributed by atoms with Crippen LogP contribution in [0.2, 0.25) is 0 Å². The lowest BCUT2D eigenvalue weighted by Gasteiger charge is -2.09. The number of hydrogen-bond donors (Lipinski definition) is 1. The van der Waals surface area contributed by atoms with Crippen LogP contribution in [-0.4, -0.2) is 26.7 Å². The summed E-state index contributed by atoms with van der Waals surface area (Å²) in [4.78, 5) is 0. The zero-order valence-electron chi connectivity index (χ0n) is 11.9. The number of hydrogen-bond acceptors (Lipinski definition) is 4. The number of fused-ring (bicyclic) bond motifs is 1. The maximum absolute atomic E-state index is 9.11. The second-order valence-corrected chi connectivity index (χ2v) is 4.83. The Bertz CT molecular complexity index is 747. The smallest absolute Gasteiger partial charge is 0.127 e. The number of benzene rings is 2. The van der Waals surface area contributed by atoms with Gasteiger partial charge in [-0.05, 0) is 18.4 Å². The molecule has 3 aromatic rings. The van der Waals surface area contributed by atoms with E-state index in [2.05, 4.69) is 28.5 Å². The van der Waals surface area contributed by atoms with E-state index in [1.807, 2.05) is 31.2 Å². The third-order valence-electron chi connectivity index (χ3n) is 3.54. The first-order valence-electron chi connectivity index (χ1n) is 6.90. The largest absolute Gasteiger partial charge is 0.491 e. The van der Waals surface area contributed by atoms with Gasteiger partial charge in [-0.3, -0.25) is 0 Å². The Labute approximate surface area is 122 Å². The zero-order chi connectivity index (χ0) is 14.7. The van der Waals surface area contributed by atoms with Crippen LogP contribution in [0.4, 0.5) is 0 Å². The molecule has 0 amide bonds. The molecule has 0 radical (unpaired) electrons. The molecule has 108 valence electrons. The first-order chi connectivity index (χ1) is 10.3. The van der Waals surface area contributed by atoms with Crippen molar-refractivity contribution in [1.82, 2.24) is 15.0 Å². The molecule has 2 aromatic carbocycles. The van der Waals surface area contributed by atoms with E-state index in [9.17, 15) is 0 Å². The molecule has 3 rings (SSSR count). The minimum atomic E-state index is -0.0873. The van der Waals surface area contributed by atoms with E-state index in [0.29, 0.717) is 18.8 Å². The van der Waals surface area contributed by atoms with E-state index in [1.54, 1.807) is 4.68 Å². The van der Waals surface area contributed by atoms with Crippen molar-refractivity contribution in [3.8, 4) is 5.75 Å². The van der Waals surface area contributed by atoms with Gasteiger partial charge in [-0.25, -0.2) is 4.68 Å². The molecule has 0 atom stereocenters. The lowest BCUT2D eigenvalue weighted by atomic mass is 10.1. The Morgan fingerprint density at radius 1 is 1.14 bits per heavy atom. The molecule has 5 nitrogen and oxygen atoms in total. The molecule has 1 N–H and O–H groups in total. The van der Waals surface area contributed by atoms with Crippen LogP contribution in [0.5, 0.6) is 5.75 Å². The Morgan fingerprint density at radius 3 is 2.76 bits per heavy atom. The minimum Gasteiger partial charge on any atom is -0.491 e. The zero-order valence-corrected chi connectivity index (χ0v) is 11.9. The molecule has 1 aromatic heterocycles. The van der Waals surface area contributed by atoms with Gasteiger partial charge in [0, 0.05) is 5.39 Å². The van der Waals surface area contributed by atoms with Gasteiger partial charge in [0.25, 0.3) is 0 Å². The SMILES string of the molecule is Cc1c(CO)nnn1CCOc1cccc2ccccc12. The van der Waals surface area contributed by atoms with Crippen LogP contribution in [0, 0.1) is 6.92 Å². The molecule has 1 heterocycles. The molecule has 0 bridgehead atoms. The Balaban J connectivity index is 1.71. The second kappa shape index (κ2) is 5.93. The lowest BCUT2D eigenvalue weighted by Crippen LogP contribution is -2.11. The third-order valence-corrected chi connectivity index (χ3v) is 3.54. The highest BCUT2D eigenvalue weighted by atomic mass is 16.5. The summed E-state index contributed by atoms with van der Waals surface area (Å²) in [5.41, 5.74) is 1.49. The van der Waals surface area contributed by atoms with Gasteiger partial charge in [0.1, 0.15) is 18.1 Å². The molecule has 21 heavy (non-hydrogen) atoms. The van der Waals surface area contributed by atoms with Gasteiger partial charge < -0.3 is 9.84 Å². The van der Waals surface area contributed by atoms with Crippen LogP contribution in [-0.2, 0) is 13.2 Å². The average molecular weight is 283 g/mol. The van der Waals surface area contributed by atoms with Gasteiger partial charge in [0.2, 0.25) is 0 Å². The van der Waals surface area contributed by atoms with E-state index in [-0.39, 0.29) is 6.61 Å². The summed E-state index contributed by atoms with van der Waals surface area (Å²) < 4.78 is 7.62. The number of nitrogens with zero attached hydrogens (tertiary/aromatic N) is 3. The Hall–Kier alpha value is -2.40. The van der Waals surface area contributed by atoms with Crippen molar-refractivity contribution in [2.45, 2.75) is 20.1 Å². The summed E-state index contributed by atoms with van der Waals surface area (Å²) in [5.74, 6) is 0.869. The summed E-state index contributed by atoms with van der Waals surface area (Å²) in [7, 11) is 0. The van der Waals surface area contributed by atoms with Crippen molar-refractivity contribution in [2.75, 3.05) is 6.61 Å². The lowest BCUT2D eigenvalue weighted by molar-refractivity contribution is 0.275. The number of aliphatic hydroxyl groups excluding tert-OH is 1. The maximum atomic E-state index is 9.11. The highest BCUT2D eigenvalue weighted by Crippen LogP contribution is 2.25. The quantitative estimate of drug-likeness (QED) is 0.780. The van der Waals surface area contributed by atoms with Crippen LogP contribution < -0.4 is 4.74 Å². The summed E-state index contributed by atoms with van der Waals surface area (Å²) in [6.45, 7) is 2.91. The fourth-order valence-corrected chi connectivity index (χ4v) is 2.32. The fourth-order valence-electron chi connectivity index (χ4n) is 2.32.